The highest BCUT2D eigenvalue weighted by Crippen LogP contribution is 2.47. The summed E-state index contributed by atoms with van der Waals surface area (Å²) in [4.78, 5) is 13.2. The van der Waals surface area contributed by atoms with Crippen molar-refractivity contribution in [2.45, 2.75) is 29.1 Å². The van der Waals surface area contributed by atoms with E-state index in [-0.39, 0.29) is 5.78 Å². The molecular weight excluding hydrogens is 301 g/mol. The van der Waals surface area contributed by atoms with Crippen LogP contribution in [0.5, 0.6) is 0 Å². The van der Waals surface area contributed by atoms with E-state index in [2.05, 4.69) is 0 Å². The van der Waals surface area contributed by atoms with Gasteiger partial charge in [0.1, 0.15) is 52.6 Å². The summed E-state index contributed by atoms with van der Waals surface area (Å²) in [5.74, 6) is -0.339. The molecule has 2 rings (SSSR count). The number of benzene rings is 1. The summed E-state index contributed by atoms with van der Waals surface area (Å²) in [6.45, 7) is 0. The smallest absolute Gasteiger partial charge is 0.178 e. The number of ketones is 1. The Labute approximate surface area is 149 Å². The van der Waals surface area contributed by atoms with E-state index in [4.69, 9.17) is 17.3 Å². The molecule has 0 aliphatic heterocycles. The number of nitrogens with two attached hydrogens (primary N) is 1. The average molecular weight is 322 g/mol. The Morgan fingerprint density at radius 3 is 1.96 bits per heavy atom. The third-order valence-corrected chi connectivity index (χ3v) is 6.84. The first-order valence-electron chi connectivity index (χ1n) is 8.11. The Hall–Kier alpha value is -0.445. The van der Waals surface area contributed by atoms with E-state index in [0.29, 0.717) is 23.4 Å². The SMILES string of the molecule is Bc1c(B)c(B)c(C2(N)CCC(B)(B)C(B)(O)C2=O)c(Cl)c1B. The lowest BCUT2D eigenvalue weighted by Crippen LogP contribution is -2.67. The van der Waals surface area contributed by atoms with Gasteiger partial charge in [0, 0.05) is 5.02 Å². The van der Waals surface area contributed by atoms with Crippen LogP contribution in [-0.4, -0.2) is 71.3 Å². The van der Waals surface area contributed by atoms with E-state index >= 15 is 0 Å². The Bertz CT molecular complexity index is 680. The van der Waals surface area contributed by atoms with E-state index in [1.807, 2.05) is 47.1 Å². The molecule has 1 aliphatic carbocycles. The molecule has 114 valence electrons. The summed E-state index contributed by atoms with van der Waals surface area (Å²) in [5.41, 5.74) is 8.69. The third kappa shape index (κ3) is 2.49. The van der Waals surface area contributed by atoms with Gasteiger partial charge in [-0.2, -0.15) is 0 Å². The Kier molecular flexibility index (Phi) is 4.55. The minimum atomic E-state index is -1.48. The number of carbonyl (C=O) groups is 1. The molecule has 0 spiro atoms. The van der Waals surface area contributed by atoms with E-state index in [0.717, 1.165) is 21.9 Å². The molecule has 0 amide bonds. The predicted molar refractivity (Wildman–Crippen MR) is 118 cm³/mol. The summed E-state index contributed by atoms with van der Waals surface area (Å²) in [5, 5.41) is 10.9. The number of hydrogen-bond acceptors (Lipinski definition) is 3. The summed E-state index contributed by atoms with van der Waals surface area (Å²) in [6.07, 6.45) is 1.14. The number of halogens is 1. The largest absolute Gasteiger partial charge is 0.392 e. The summed E-state index contributed by atoms with van der Waals surface area (Å²) in [7, 11) is 13.4. The molecule has 0 radical (unpaired) electrons. The standard InChI is InChI=1S/C12H21B7ClNO2/c13-4-3(8(20)7(16)6(15)5(4)14)10(21)1-2-11(17,18)12(19,23)9(10)22/h23H,1-2,13-19,21H2. The zero-order valence-corrected chi connectivity index (χ0v) is 16.0. The van der Waals surface area contributed by atoms with Crippen LogP contribution >= 0.6 is 11.6 Å². The van der Waals surface area contributed by atoms with Crippen molar-refractivity contribution in [2.24, 2.45) is 5.73 Å². The molecule has 3 N–H and O–H groups in total. The third-order valence-electron chi connectivity index (χ3n) is 6.37. The second-order valence-corrected chi connectivity index (χ2v) is 8.32. The highest BCUT2D eigenvalue weighted by atomic mass is 35.5. The van der Waals surface area contributed by atoms with Gasteiger partial charge in [0.25, 0.3) is 0 Å². The molecule has 0 heterocycles. The molecule has 2 atom stereocenters. The number of aliphatic hydroxyl groups is 1. The Morgan fingerprint density at radius 2 is 1.43 bits per heavy atom. The molecule has 11 heteroatoms. The van der Waals surface area contributed by atoms with Gasteiger partial charge in [0.05, 0.1) is 5.50 Å². The lowest BCUT2D eigenvalue weighted by molar-refractivity contribution is -0.141. The maximum atomic E-state index is 13.2. The van der Waals surface area contributed by atoms with E-state index in [9.17, 15) is 9.90 Å². The zero-order valence-electron chi connectivity index (χ0n) is 15.2. The maximum Gasteiger partial charge on any atom is 0.178 e. The van der Waals surface area contributed by atoms with Crippen molar-refractivity contribution in [3.63, 3.8) is 0 Å². The molecule has 23 heavy (non-hydrogen) atoms. The second kappa shape index (κ2) is 5.54. The van der Waals surface area contributed by atoms with E-state index in [1.54, 1.807) is 7.85 Å². The van der Waals surface area contributed by atoms with Gasteiger partial charge < -0.3 is 10.8 Å². The van der Waals surface area contributed by atoms with Crippen molar-refractivity contribution in [1.82, 2.24) is 0 Å². The molecule has 1 aromatic rings. The van der Waals surface area contributed by atoms with Crippen molar-refractivity contribution in [1.29, 1.82) is 0 Å². The molecule has 0 bridgehead atoms. The first-order valence-corrected chi connectivity index (χ1v) is 8.49. The lowest BCUT2D eigenvalue weighted by atomic mass is 9.34. The molecule has 2 unspecified atom stereocenters. The fourth-order valence-corrected chi connectivity index (χ4v) is 4.10. The van der Waals surface area contributed by atoms with Gasteiger partial charge in [0.2, 0.25) is 0 Å². The minimum absolute atomic E-state index is 0.339. The molecule has 0 aromatic heterocycles. The number of hydrogen-bond donors (Lipinski definition) is 2. The first-order chi connectivity index (χ1) is 10.3. The highest BCUT2D eigenvalue weighted by Gasteiger charge is 2.57. The van der Waals surface area contributed by atoms with Crippen molar-refractivity contribution >= 4 is 94.2 Å². The normalized spacial score (nSPS) is 30.3. The average Bonchev–Trinajstić information content (AvgIpc) is 2.47. The maximum absolute atomic E-state index is 13.2. The fourth-order valence-electron chi connectivity index (χ4n) is 3.64. The quantitative estimate of drug-likeness (QED) is 0.505. The number of carbonyl (C=O) groups excluding carboxylic acids is 1. The van der Waals surface area contributed by atoms with Gasteiger partial charge in [-0.1, -0.05) is 34.2 Å². The Balaban J connectivity index is 2.75. The van der Waals surface area contributed by atoms with Gasteiger partial charge in [-0.05, 0) is 12.0 Å². The topological polar surface area (TPSA) is 63.3 Å². The van der Waals surface area contributed by atoms with Gasteiger partial charge in [-0.25, -0.2) is 0 Å². The summed E-state index contributed by atoms with van der Waals surface area (Å²) >= 11 is 6.61. The van der Waals surface area contributed by atoms with Crippen molar-refractivity contribution in [2.75, 3.05) is 0 Å². The van der Waals surface area contributed by atoms with Gasteiger partial charge in [-0.15, -0.1) is 10.9 Å². The van der Waals surface area contributed by atoms with Gasteiger partial charge >= 0.3 is 0 Å². The van der Waals surface area contributed by atoms with Crippen molar-refractivity contribution in [3.05, 3.63) is 10.6 Å². The molecule has 0 saturated heterocycles. The molecule has 1 saturated carbocycles. The first kappa shape index (κ1) is 18.9. The fraction of sp³-hybridized carbons (Fsp3) is 0.417. The van der Waals surface area contributed by atoms with Crippen LogP contribution in [0.25, 0.3) is 0 Å². The predicted octanol–water partition coefficient (Wildman–Crippen LogP) is -8.41. The lowest BCUT2D eigenvalue weighted by Gasteiger charge is -2.51. The molecule has 1 fully saturated rings. The van der Waals surface area contributed by atoms with Crippen LogP contribution in [0.4, 0.5) is 0 Å². The van der Waals surface area contributed by atoms with Crippen LogP contribution in [0.2, 0.25) is 10.2 Å². The molecule has 1 aromatic carbocycles. The molecule has 3 nitrogen and oxygen atoms in total. The second-order valence-electron chi connectivity index (χ2n) is 7.95. The van der Waals surface area contributed by atoms with Crippen LogP contribution in [0, 0.1) is 0 Å². The van der Waals surface area contributed by atoms with Crippen molar-refractivity contribution < 1.29 is 9.90 Å². The number of Topliss-reactive ketones (excluding diaryl/α,β-unsaturated/α-hetero) is 1. The van der Waals surface area contributed by atoms with Crippen LogP contribution in [-0.2, 0) is 10.3 Å². The van der Waals surface area contributed by atoms with Crippen molar-refractivity contribution in [3.8, 4) is 0 Å². The highest BCUT2D eigenvalue weighted by molar-refractivity contribution is 6.66. The summed E-state index contributed by atoms with van der Waals surface area (Å²) in [6, 6.07) is 0. The monoisotopic (exact) mass is 323 g/mol. The van der Waals surface area contributed by atoms with Gasteiger partial charge in [-0.3, -0.25) is 4.79 Å². The Morgan fingerprint density at radius 1 is 0.957 bits per heavy atom. The molecule has 1 aliphatic rings. The molecular formula is C12H21B7ClNO2. The minimum Gasteiger partial charge on any atom is -0.392 e. The number of rotatable bonds is 1. The van der Waals surface area contributed by atoms with Gasteiger partial charge in [0.15, 0.2) is 13.6 Å². The van der Waals surface area contributed by atoms with Crippen LogP contribution in [0.15, 0.2) is 0 Å². The van der Waals surface area contributed by atoms with E-state index < -0.39 is 16.3 Å². The van der Waals surface area contributed by atoms with Crippen LogP contribution < -0.4 is 27.6 Å². The van der Waals surface area contributed by atoms with Crippen LogP contribution in [0.3, 0.4) is 0 Å². The van der Waals surface area contributed by atoms with Crippen LogP contribution in [0.1, 0.15) is 18.4 Å². The zero-order chi connectivity index (χ0) is 18.0. The summed E-state index contributed by atoms with van der Waals surface area (Å²) < 4.78 is 0. The van der Waals surface area contributed by atoms with E-state index in [1.165, 1.54) is 0 Å².